The number of benzene rings is 1. The summed E-state index contributed by atoms with van der Waals surface area (Å²) >= 11 is 10.1. The Kier molecular flexibility index (Phi) is 3.47. The molecular weight excluding hydrogens is 316 g/mol. The second-order valence-corrected chi connectivity index (χ2v) is 4.77. The summed E-state index contributed by atoms with van der Waals surface area (Å²) in [6.45, 7) is 0. The quantitative estimate of drug-likeness (QED) is 0.924. The Morgan fingerprint density at radius 2 is 2.31 bits per heavy atom. The molecule has 0 saturated heterocycles. The molecule has 2 rings (SSSR count). The Bertz CT molecular complexity index is 519. The van der Waals surface area contributed by atoms with Crippen molar-refractivity contribution < 1.29 is 4.79 Å². The van der Waals surface area contributed by atoms with Crippen molar-refractivity contribution in [1.29, 1.82) is 0 Å². The summed E-state index contributed by atoms with van der Waals surface area (Å²) in [7, 11) is 0. The van der Waals surface area contributed by atoms with Crippen LogP contribution in [0.3, 0.4) is 0 Å². The van der Waals surface area contributed by atoms with E-state index >= 15 is 0 Å². The number of halogens is 2. The molecule has 0 bridgehead atoms. The number of hydrogen-bond acceptors (Lipinski definition) is 5. The van der Waals surface area contributed by atoms with Crippen LogP contribution in [-0.4, -0.2) is 20.7 Å². The Morgan fingerprint density at radius 3 is 3.00 bits per heavy atom. The molecule has 1 aromatic carbocycles. The van der Waals surface area contributed by atoms with Gasteiger partial charge in [-0.25, -0.2) is 0 Å². The number of carbonyl (C=O) groups is 1. The Balaban J connectivity index is 2.24. The average molecular weight is 320 g/mol. The summed E-state index contributed by atoms with van der Waals surface area (Å²) in [4.78, 5) is 11.8. The lowest BCUT2D eigenvalue weighted by molar-refractivity contribution is 0.102. The molecule has 5 nitrogen and oxygen atoms in total. The summed E-state index contributed by atoms with van der Waals surface area (Å²) in [5.41, 5.74) is 0.433. The van der Waals surface area contributed by atoms with E-state index < -0.39 is 0 Å². The highest BCUT2D eigenvalue weighted by Gasteiger charge is 2.12. The van der Waals surface area contributed by atoms with Gasteiger partial charge in [0.15, 0.2) is 0 Å². The van der Waals surface area contributed by atoms with Crippen molar-refractivity contribution in [2.45, 2.75) is 0 Å². The van der Waals surface area contributed by atoms with Gasteiger partial charge in [0, 0.05) is 21.0 Å². The fourth-order valence-electron chi connectivity index (χ4n) is 1.02. The molecule has 0 unspecified atom stereocenters. The van der Waals surface area contributed by atoms with Crippen molar-refractivity contribution in [2.24, 2.45) is 0 Å². The zero-order chi connectivity index (χ0) is 11.5. The Morgan fingerprint density at radius 1 is 1.50 bits per heavy atom. The van der Waals surface area contributed by atoms with Crippen molar-refractivity contribution in [2.75, 3.05) is 5.32 Å². The number of aromatic nitrogens is 3. The van der Waals surface area contributed by atoms with Gasteiger partial charge in [0.05, 0.1) is 5.56 Å². The summed E-state index contributed by atoms with van der Waals surface area (Å²) < 4.78 is 4.20. The van der Waals surface area contributed by atoms with Crippen molar-refractivity contribution in [1.82, 2.24) is 14.8 Å². The molecule has 0 saturated carbocycles. The number of rotatable bonds is 2. The molecule has 0 aliphatic heterocycles. The topological polar surface area (TPSA) is 67.8 Å². The van der Waals surface area contributed by atoms with E-state index in [1.807, 2.05) is 0 Å². The maximum Gasteiger partial charge on any atom is 0.258 e. The highest BCUT2D eigenvalue weighted by molar-refractivity contribution is 9.10. The van der Waals surface area contributed by atoms with Gasteiger partial charge in [0.25, 0.3) is 5.91 Å². The minimum atomic E-state index is -0.312. The predicted octanol–water partition coefficient (Wildman–Crippen LogP) is 2.60. The van der Waals surface area contributed by atoms with Crippen LogP contribution in [0.15, 0.2) is 22.7 Å². The zero-order valence-corrected chi connectivity index (χ0v) is 10.8. The lowest BCUT2D eigenvalue weighted by atomic mass is 10.2. The first-order valence-electron chi connectivity index (χ1n) is 4.08. The van der Waals surface area contributed by atoms with Crippen molar-refractivity contribution in [3.05, 3.63) is 33.3 Å². The molecule has 0 spiro atoms. The molecule has 0 fully saturated rings. The van der Waals surface area contributed by atoms with Gasteiger partial charge in [-0.2, -0.15) is 0 Å². The molecule has 16 heavy (non-hydrogen) atoms. The molecule has 1 amide bonds. The van der Waals surface area contributed by atoms with Crippen LogP contribution in [0, 0.1) is 0 Å². The molecule has 0 aliphatic rings. The molecular formula is C8H4BrClN4OS. The third-order valence-corrected chi connectivity index (χ3v) is 3.13. The van der Waals surface area contributed by atoms with Crippen LogP contribution in [0.1, 0.15) is 10.4 Å². The van der Waals surface area contributed by atoms with Gasteiger partial charge < -0.3 is 0 Å². The fraction of sp³-hybridized carbons (Fsp3) is 0. The van der Waals surface area contributed by atoms with Crippen LogP contribution in [-0.2, 0) is 0 Å². The van der Waals surface area contributed by atoms with E-state index in [0.717, 1.165) is 11.5 Å². The fourth-order valence-corrected chi connectivity index (χ4v) is 1.98. The second-order valence-electron chi connectivity index (χ2n) is 2.75. The lowest BCUT2D eigenvalue weighted by Crippen LogP contribution is -2.12. The molecule has 82 valence electrons. The molecule has 0 aliphatic carbocycles. The van der Waals surface area contributed by atoms with Gasteiger partial charge in [-0.3, -0.25) is 10.1 Å². The number of amides is 1. The summed E-state index contributed by atoms with van der Waals surface area (Å²) in [5.74, 6) is -0.312. The summed E-state index contributed by atoms with van der Waals surface area (Å²) in [5, 5.41) is 10.4. The van der Waals surface area contributed by atoms with E-state index in [1.54, 1.807) is 18.2 Å². The van der Waals surface area contributed by atoms with Gasteiger partial charge in [-0.05, 0) is 39.3 Å². The zero-order valence-electron chi connectivity index (χ0n) is 7.65. The maximum atomic E-state index is 11.8. The number of nitrogens with one attached hydrogen (secondary N) is 1. The number of carbonyl (C=O) groups excluding carboxylic acids is 1. The van der Waals surface area contributed by atoms with Gasteiger partial charge in [0.2, 0.25) is 5.13 Å². The molecule has 1 heterocycles. The van der Waals surface area contributed by atoms with Crippen molar-refractivity contribution >= 4 is 50.1 Å². The average Bonchev–Trinajstić information content (AvgIpc) is 2.74. The second kappa shape index (κ2) is 4.86. The van der Waals surface area contributed by atoms with Crippen LogP contribution >= 0.6 is 39.1 Å². The van der Waals surface area contributed by atoms with Crippen molar-refractivity contribution in [3.63, 3.8) is 0 Å². The van der Waals surface area contributed by atoms with Crippen LogP contribution in [0.25, 0.3) is 0 Å². The smallest absolute Gasteiger partial charge is 0.258 e. The molecule has 2 aromatic rings. The normalized spacial score (nSPS) is 10.1. The van der Waals surface area contributed by atoms with E-state index in [4.69, 9.17) is 11.6 Å². The van der Waals surface area contributed by atoms with E-state index in [9.17, 15) is 4.79 Å². The number of nitrogens with zero attached hydrogens (tertiary/aromatic N) is 3. The minimum absolute atomic E-state index is 0.312. The summed E-state index contributed by atoms with van der Waals surface area (Å²) in [6, 6.07) is 4.96. The Hall–Kier alpha value is -1.05. The van der Waals surface area contributed by atoms with E-state index in [-0.39, 0.29) is 5.91 Å². The Labute approximate surface area is 108 Å². The van der Waals surface area contributed by atoms with Crippen LogP contribution in [0.4, 0.5) is 5.13 Å². The highest BCUT2D eigenvalue weighted by atomic mass is 79.9. The SMILES string of the molecule is O=C(Nc1nnns1)c1cc(Cl)ccc1Br. The number of hydrogen-bond donors (Lipinski definition) is 1. The first-order chi connectivity index (χ1) is 7.66. The van der Waals surface area contributed by atoms with Crippen molar-refractivity contribution in [3.8, 4) is 0 Å². The largest absolute Gasteiger partial charge is 0.295 e. The predicted molar refractivity (Wildman–Crippen MR) is 64.8 cm³/mol. The van der Waals surface area contributed by atoms with E-state index in [1.165, 1.54) is 0 Å². The molecule has 1 N–H and O–H groups in total. The highest BCUT2D eigenvalue weighted by Crippen LogP contribution is 2.22. The third kappa shape index (κ3) is 2.55. The molecule has 0 radical (unpaired) electrons. The third-order valence-electron chi connectivity index (χ3n) is 1.69. The molecule has 8 heteroatoms. The first kappa shape index (κ1) is 11.4. The monoisotopic (exact) mass is 318 g/mol. The summed E-state index contributed by atoms with van der Waals surface area (Å²) in [6.07, 6.45) is 0. The first-order valence-corrected chi connectivity index (χ1v) is 6.02. The van der Waals surface area contributed by atoms with Gasteiger partial charge in [-0.1, -0.05) is 21.2 Å². The molecule has 1 aromatic heterocycles. The van der Waals surface area contributed by atoms with Crippen LogP contribution in [0.2, 0.25) is 5.02 Å². The molecule has 0 atom stereocenters. The standard InChI is InChI=1S/C8H4BrClN4OS/c9-6-2-1-4(10)3-5(6)7(15)11-8-12-13-14-16-8/h1-3H,(H,11,12,14,15). The van der Waals surface area contributed by atoms with Crippen LogP contribution < -0.4 is 5.32 Å². The van der Waals surface area contributed by atoms with Crippen LogP contribution in [0.5, 0.6) is 0 Å². The van der Waals surface area contributed by atoms with Gasteiger partial charge >= 0.3 is 0 Å². The number of anilines is 1. The maximum absolute atomic E-state index is 11.8. The van der Waals surface area contributed by atoms with E-state index in [0.29, 0.717) is 20.2 Å². The van der Waals surface area contributed by atoms with Gasteiger partial charge in [0.1, 0.15) is 0 Å². The minimum Gasteiger partial charge on any atom is -0.295 e. The lowest BCUT2D eigenvalue weighted by Gasteiger charge is -2.03. The van der Waals surface area contributed by atoms with E-state index in [2.05, 4.69) is 36.0 Å². The van der Waals surface area contributed by atoms with Gasteiger partial charge in [-0.15, -0.1) is 0 Å².